The minimum atomic E-state index is -0.429. The Hall–Kier alpha value is -3.59. The summed E-state index contributed by atoms with van der Waals surface area (Å²) in [6, 6.07) is 12.7. The summed E-state index contributed by atoms with van der Waals surface area (Å²) in [5, 5.41) is 6.26. The molecule has 0 unspecified atom stereocenters. The largest absolute Gasteiger partial charge is 0.497 e. The van der Waals surface area contributed by atoms with E-state index in [4.69, 9.17) is 24.0 Å². The lowest BCUT2D eigenvalue weighted by atomic mass is 9.84. The van der Waals surface area contributed by atoms with Gasteiger partial charge in [-0.25, -0.2) is 5.01 Å². The highest BCUT2D eigenvalue weighted by Gasteiger charge is 2.37. The zero-order chi connectivity index (χ0) is 26.4. The van der Waals surface area contributed by atoms with Gasteiger partial charge in [-0.1, -0.05) is 18.6 Å². The molecule has 0 radical (unpaired) electrons. The maximum atomic E-state index is 13.8. The topological polar surface area (TPSA) is 89.9 Å². The van der Waals surface area contributed by atoms with Crippen LogP contribution in [0.3, 0.4) is 0 Å². The van der Waals surface area contributed by atoms with Gasteiger partial charge in [0.15, 0.2) is 0 Å². The molecule has 1 atom stereocenters. The van der Waals surface area contributed by atoms with Gasteiger partial charge in [0.1, 0.15) is 23.8 Å². The van der Waals surface area contributed by atoms with Crippen LogP contribution in [0.2, 0.25) is 0 Å². The van der Waals surface area contributed by atoms with Crippen molar-refractivity contribution < 1.29 is 28.5 Å². The predicted octanol–water partition coefficient (Wildman–Crippen LogP) is 3.67. The fourth-order valence-corrected chi connectivity index (χ4v) is 4.68. The summed E-state index contributed by atoms with van der Waals surface area (Å²) >= 11 is 0. The van der Waals surface area contributed by atoms with Gasteiger partial charge in [-0.3, -0.25) is 9.59 Å². The minimum absolute atomic E-state index is 0.00311. The second-order valence-corrected chi connectivity index (χ2v) is 9.23. The Morgan fingerprint density at radius 1 is 1.00 bits per heavy atom. The molecule has 1 saturated carbocycles. The molecular weight excluding hydrogens is 474 g/mol. The van der Waals surface area contributed by atoms with E-state index in [-0.39, 0.29) is 24.3 Å². The van der Waals surface area contributed by atoms with Crippen LogP contribution in [0.15, 0.2) is 47.6 Å². The van der Waals surface area contributed by atoms with Crippen molar-refractivity contribution in [1.82, 2.24) is 9.91 Å². The summed E-state index contributed by atoms with van der Waals surface area (Å²) in [5.41, 5.74) is 2.39. The van der Waals surface area contributed by atoms with E-state index >= 15 is 0 Å². The SMILES string of the molecule is COCCN(CC(=O)N1N=C(c2cccc(OC)c2)C[C@H]1c1cc(OC)ccc1OC)C(=O)C1CCC1. The Balaban J connectivity index is 1.68. The Morgan fingerprint density at radius 3 is 2.41 bits per heavy atom. The number of amides is 2. The van der Waals surface area contributed by atoms with Crippen LogP contribution in [0.25, 0.3) is 0 Å². The fourth-order valence-electron chi connectivity index (χ4n) is 4.68. The lowest BCUT2D eigenvalue weighted by molar-refractivity contribution is -0.146. The number of hydrazone groups is 1. The van der Waals surface area contributed by atoms with Gasteiger partial charge in [0.2, 0.25) is 5.91 Å². The molecular formula is C28H35N3O6. The first-order chi connectivity index (χ1) is 18.0. The van der Waals surface area contributed by atoms with E-state index in [0.717, 1.165) is 36.1 Å². The molecule has 2 aromatic rings. The van der Waals surface area contributed by atoms with E-state index in [1.54, 1.807) is 33.3 Å². The molecule has 37 heavy (non-hydrogen) atoms. The quantitative estimate of drug-likeness (QED) is 0.459. The summed E-state index contributed by atoms with van der Waals surface area (Å²) in [4.78, 5) is 28.5. The molecule has 1 fully saturated rings. The van der Waals surface area contributed by atoms with E-state index in [9.17, 15) is 9.59 Å². The second kappa shape index (κ2) is 12.1. The van der Waals surface area contributed by atoms with E-state index in [2.05, 4.69) is 0 Å². The van der Waals surface area contributed by atoms with Crippen molar-refractivity contribution in [1.29, 1.82) is 0 Å². The Morgan fingerprint density at radius 2 is 1.76 bits per heavy atom. The third-order valence-electron chi connectivity index (χ3n) is 7.02. The molecule has 0 spiro atoms. The first-order valence-corrected chi connectivity index (χ1v) is 12.5. The summed E-state index contributed by atoms with van der Waals surface area (Å²) < 4.78 is 21.7. The van der Waals surface area contributed by atoms with Crippen LogP contribution in [-0.2, 0) is 14.3 Å². The molecule has 4 rings (SSSR count). The van der Waals surface area contributed by atoms with Gasteiger partial charge in [-0.05, 0) is 43.2 Å². The lowest BCUT2D eigenvalue weighted by Gasteiger charge is -2.32. The number of rotatable bonds is 11. The van der Waals surface area contributed by atoms with Gasteiger partial charge < -0.3 is 23.8 Å². The predicted molar refractivity (Wildman–Crippen MR) is 139 cm³/mol. The molecule has 0 N–H and O–H groups in total. The van der Waals surface area contributed by atoms with E-state index in [0.29, 0.717) is 36.8 Å². The summed E-state index contributed by atoms with van der Waals surface area (Å²) in [7, 11) is 6.40. The number of carbonyl (C=O) groups excluding carboxylic acids is 2. The summed E-state index contributed by atoms with van der Waals surface area (Å²) in [6.07, 6.45) is 3.24. The van der Waals surface area contributed by atoms with Crippen LogP contribution >= 0.6 is 0 Å². The standard InChI is InChI=1S/C28H35N3O6/c1-34-14-13-30(28(33)19-7-5-8-19)18-27(32)31-25(23-16-22(36-3)11-12-26(23)37-4)17-24(29-31)20-9-6-10-21(15-20)35-2/h6,9-12,15-16,19,25H,5,7-8,13-14,17-18H2,1-4H3/t25-/m0/s1. The average Bonchev–Trinajstić information content (AvgIpc) is 3.35. The van der Waals surface area contributed by atoms with Gasteiger partial charge in [0.25, 0.3) is 5.91 Å². The van der Waals surface area contributed by atoms with E-state index in [1.807, 2.05) is 42.5 Å². The van der Waals surface area contributed by atoms with E-state index < -0.39 is 6.04 Å². The van der Waals surface area contributed by atoms with Gasteiger partial charge >= 0.3 is 0 Å². The average molecular weight is 510 g/mol. The van der Waals surface area contributed by atoms with Crippen LogP contribution < -0.4 is 14.2 Å². The molecule has 1 aliphatic carbocycles. The van der Waals surface area contributed by atoms with Crippen LogP contribution in [0.4, 0.5) is 0 Å². The highest BCUT2D eigenvalue weighted by Crippen LogP contribution is 2.39. The first kappa shape index (κ1) is 26.5. The van der Waals surface area contributed by atoms with Crippen molar-refractivity contribution in [3.05, 3.63) is 53.6 Å². The van der Waals surface area contributed by atoms with Crippen LogP contribution in [0.5, 0.6) is 17.2 Å². The van der Waals surface area contributed by atoms with Gasteiger partial charge in [0, 0.05) is 37.1 Å². The smallest absolute Gasteiger partial charge is 0.262 e. The third kappa shape index (κ3) is 5.88. The normalized spacial score (nSPS) is 17.1. The molecule has 9 nitrogen and oxygen atoms in total. The van der Waals surface area contributed by atoms with Crippen molar-refractivity contribution in [2.75, 3.05) is 48.1 Å². The number of nitrogens with zero attached hydrogens (tertiary/aromatic N) is 3. The molecule has 0 saturated heterocycles. The molecule has 198 valence electrons. The second-order valence-electron chi connectivity index (χ2n) is 9.23. The van der Waals surface area contributed by atoms with Crippen LogP contribution in [0.1, 0.15) is 42.9 Å². The van der Waals surface area contributed by atoms with Gasteiger partial charge in [0.05, 0.1) is 39.7 Å². The highest BCUT2D eigenvalue weighted by molar-refractivity contribution is 6.03. The number of methoxy groups -OCH3 is 4. The maximum absolute atomic E-state index is 13.8. The number of hydrogen-bond donors (Lipinski definition) is 0. The molecule has 2 amide bonds. The van der Waals surface area contributed by atoms with Crippen LogP contribution in [0, 0.1) is 5.92 Å². The van der Waals surface area contributed by atoms with Gasteiger partial charge in [-0.2, -0.15) is 5.10 Å². The van der Waals surface area contributed by atoms with Crippen LogP contribution in [-0.4, -0.2) is 75.6 Å². The molecule has 9 heteroatoms. The van der Waals surface area contributed by atoms with Crippen molar-refractivity contribution in [2.24, 2.45) is 11.0 Å². The zero-order valence-electron chi connectivity index (χ0n) is 21.9. The molecule has 2 aliphatic rings. The Labute approximate surface area is 217 Å². The zero-order valence-corrected chi connectivity index (χ0v) is 21.9. The van der Waals surface area contributed by atoms with Gasteiger partial charge in [-0.15, -0.1) is 0 Å². The maximum Gasteiger partial charge on any atom is 0.262 e. The monoisotopic (exact) mass is 509 g/mol. The Bertz CT molecular complexity index is 1150. The van der Waals surface area contributed by atoms with Crippen molar-refractivity contribution >= 4 is 17.5 Å². The molecule has 0 bridgehead atoms. The van der Waals surface area contributed by atoms with Crippen molar-refractivity contribution in [2.45, 2.75) is 31.7 Å². The van der Waals surface area contributed by atoms with Crippen molar-refractivity contribution in [3.8, 4) is 17.2 Å². The van der Waals surface area contributed by atoms with E-state index in [1.165, 1.54) is 5.01 Å². The first-order valence-electron chi connectivity index (χ1n) is 12.5. The Kier molecular flexibility index (Phi) is 8.66. The number of carbonyl (C=O) groups is 2. The van der Waals surface area contributed by atoms with Crippen molar-refractivity contribution in [3.63, 3.8) is 0 Å². The highest BCUT2D eigenvalue weighted by atomic mass is 16.5. The number of benzene rings is 2. The lowest BCUT2D eigenvalue weighted by Crippen LogP contribution is -2.46. The fraction of sp³-hybridized carbons (Fsp3) is 0.464. The molecule has 2 aromatic carbocycles. The number of ether oxygens (including phenoxy) is 4. The minimum Gasteiger partial charge on any atom is -0.497 e. The third-order valence-corrected chi connectivity index (χ3v) is 7.02. The summed E-state index contributed by atoms with van der Waals surface area (Å²) in [5.74, 6) is 1.71. The molecule has 1 heterocycles. The molecule has 0 aromatic heterocycles. The molecule has 1 aliphatic heterocycles. The summed E-state index contributed by atoms with van der Waals surface area (Å²) in [6.45, 7) is 0.637. The number of hydrogen-bond acceptors (Lipinski definition) is 7.